The zero-order chi connectivity index (χ0) is 20.6. The minimum absolute atomic E-state index is 0.165. The molecule has 150 valence electrons. The molecule has 7 nitrogen and oxygen atoms in total. The van der Waals surface area contributed by atoms with E-state index in [1.54, 1.807) is 30.7 Å². The Hall–Kier alpha value is -2.67. The normalized spacial score (nSPS) is 16.4. The molecule has 7 heteroatoms. The van der Waals surface area contributed by atoms with Crippen molar-refractivity contribution in [3.05, 3.63) is 41.2 Å². The third kappa shape index (κ3) is 3.42. The molecule has 0 atom stereocenters. The maximum absolute atomic E-state index is 12.9. The van der Waals surface area contributed by atoms with Gasteiger partial charge in [0.2, 0.25) is 11.8 Å². The summed E-state index contributed by atoms with van der Waals surface area (Å²) < 4.78 is 1.86. The topological polar surface area (TPSA) is 70.5 Å². The Bertz CT molecular complexity index is 896. The number of aromatic nitrogens is 2. The molecule has 0 radical (unpaired) electrons. The molecule has 0 bridgehead atoms. The van der Waals surface area contributed by atoms with Crippen molar-refractivity contribution in [1.82, 2.24) is 15.1 Å². The van der Waals surface area contributed by atoms with Crippen LogP contribution in [0.2, 0.25) is 0 Å². The molecule has 0 saturated heterocycles. The lowest BCUT2D eigenvalue weighted by atomic mass is 9.90. The van der Waals surface area contributed by atoms with Crippen molar-refractivity contribution in [1.29, 1.82) is 0 Å². The van der Waals surface area contributed by atoms with Crippen LogP contribution in [0, 0.1) is 12.3 Å². The Morgan fingerprint density at radius 1 is 1.04 bits per heavy atom. The molecule has 1 aromatic carbocycles. The van der Waals surface area contributed by atoms with Crippen LogP contribution in [-0.2, 0) is 29.7 Å². The number of carbonyl (C=O) groups is 2. The Kier molecular flexibility index (Phi) is 5.30. The van der Waals surface area contributed by atoms with E-state index in [0.717, 1.165) is 28.3 Å². The van der Waals surface area contributed by atoms with Crippen LogP contribution in [0.15, 0.2) is 24.3 Å². The molecule has 0 spiro atoms. The van der Waals surface area contributed by atoms with Gasteiger partial charge in [-0.2, -0.15) is 5.10 Å². The van der Waals surface area contributed by atoms with E-state index in [1.807, 2.05) is 43.8 Å². The standard InChI is InChI=1S/C21H29N5O2/c1-7-26-17-9-8-15(12-22-13-16-10-14(2)25(6)23-16)11-18(17)24(5)19(27)21(3,4)20(26)28/h8-11,22H,7,12-13H2,1-6H3. The summed E-state index contributed by atoms with van der Waals surface area (Å²) in [6.45, 7) is 9.18. The van der Waals surface area contributed by atoms with E-state index in [0.29, 0.717) is 19.6 Å². The number of hydrogen-bond donors (Lipinski definition) is 1. The number of amides is 2. The van der Waals surface area contributed by atoms with Crippen LogP contribution in [-0.4, -0.2) is 35.2 Å². The molecule has 2 heterocycles. The highest BCUT2D eigenvalue weighted by Gasteiger charge is 2.45. The predicted molar refractivity (Wildman–Crippen MR) is 110 cm³/mol. The van der Waals surface area contributed by atoms with Gasteiger partial charge in [-0.3, -0.25) is 14.3 Å². The zero-order valence-corrected chi connectivity index (χ0v) is 17.5. The lowest BCUT2D eigenvalue weighted by Crippen LogP contribution is -2.47. The molecule has 1 aliphatic heterocycles. The number of nitrogens with zero attached hydrogens (tertiary/aromatic N) is 4. The van der Waals surface area contributed by atoms with Crippen molar-refractivity contribution in [3.8, 4) is 0 Å². The van der Waals surface area contributed by atoms with Gasteiger partial charge in [0.25, 0.3) is 0 Å². The molecule has 0 aliphatic carbocycles. The summed E-state index contributed by atoms with van der Waals surface area (Å²) in [6, 6.07) is 7.98. The van der Waals surface area contributed by atoms with Gasteiger partial charge >= 0.3 is 0 Å². The van der Waals surface area contributed by atoms with Crippen molar-refractivity contribution >= 4 is 23.2 Å². The maximum Gasteiger partial charge on any atom is 0.242 e. The molecule has 0 unspecified atom stereocenters. The Morgan fingerprint density at radius 2 is 1.75 bits per heavy atom. The fourth-order valence-corrected chi connectivity index (χ4v) is 3.61. The van der Waals surface area contributed by atoms with Crippen molar-refractivity contribution in [2.75, 3.05) is 23.4 Å². The monoisotopic (exact) mass is 383 g/mol. The molecule has 2 aromatic rings. The average molecular weight is 383 g/mol. The zero-order valence-electron chi connectivity index (χ0n) is 17.5. The minimum Gasteiger partial charge on any atom is -0.313 e. The van der Waals surface area contributed by atoms with E-state index in [4.69, 9.17) is 0 Å². The van der Waals surface area contributed by atoms with Crippen LogP contribution in [0.5, 0.6) is 0 Å². The number of anilines is 2. The molecule has 28 heavy (non-hydrogen) atoms. The fourth-order valence-electron chi connectivity index (χ4n) is 3.61. The first-order valence-electron chi connectivity index (χ1n) is 9.60. The van der Waals surface area contributed by atoms with Crippen LogP contribution in [0.1, 0.15) is 37.7 Å². The smallest absolute Gasteiger partial charge is 0.242 e. The molecular formula is C21H29N5O2. The lowest BCUT2D eigenvalue weighted by molar-refractivity contribution is -0.137. The highest BCUT2D eigenvalue weighted by molar-refractivity contribution is 6.19. The van der Waals surface area contributed by atoms with Gasteiger partial charge in [0.15, 0.2) is 0 Å². The number of aryl methyl sites for hydroxylation is 2. The summed E-state index contributed by atoms with van der Waals surface area (Å²) in [6.07, 6.45) is 0. The lowest BCUT2D eigenvalue weighted by Gasteiger charge is -2.27. The first-order valence-corrected chi connectivity index (χ1v) is 9.60. The molecule has 0 fully saturated rings. The predicted octanol–water partition coefficient (Wildman–Crippen LogP) is 2.37. The number of hydrogen-bond acceptors (Lipinski definition) is 4. The van der Waals surface area contributed by atoms with Crippen molar-refractivity contribution in [3.63, 3.8) is 0 Å². The van der Waals surface area contributed by atoms with Gasteiger partial charge in [-0.1, -0.05) is 6.07 Å². The van der Waals surface area contributed by atoms with E-state index in [9.17, 15) is 9.59 Å². The van der Waals surface area contributed by atoms with Gasteiger partial charge in [0.05, 0.1) is 17.1 Å². The summed E-state index contributed by atoms with van der Waals surface area (Å²) in [5.41, 5.74) is 3.62. The summed E-state index contributed by atoms with van der Waals surface area (Å²) in [7, 11) is 3.67. The van der Waals surface area contributed by atoms with Crippen LogP contribution in [0.3, 0.4) is 0 Å². The number of nitrogens with one attached hydrogen (secondary N) is 1. The summed E-state index contributed by atoms with van der Waals surface area (Å²) in [5, 5.41) is 7.85. The van der Waals surface area contributed by atoms with Gasteiger partial charge in [-0.25, -0.2) is 0 Å². The molecule has 2 amide bonds. The molecule has 1 aromatic heterocycles. The number of benzene rings is 1. The van der Waals surface area contributed by atoms with Gasteiger partial charge in [0, 0.05) is 39.4 Å². The first kappa shape index (κ1) is 20.1. The first-order chi connectivity index (χ1) is 13.2. The second-order valence-electron chi connectivity index (χ2n) is 7.87. The molecule has 0 saturated carbocycles. The van der Waals surface area contributed by atoms with Crippen LogP contribution >= 0.6 is 0 Å². The van der Waals surface area contributed by atoms with Gasteiger partial charge in [-0.05, 0) is 51.5 Å². The van der Waals surface area contributed by atoms with E-state index in [2.05, 4.69) is 16.5 Å². The second-order valence-corrected chi connectivity index (χ2v) is 7.87. The Labute approximate surface area is 166 Å². The summed E-state index contributed by atoms with van der Waals surface area (Å²) in [4.78, 5) is 29.1. The second kappa shape index (κ2) is 7.39. The minimum atomic E-state index is -1.08. The SMILES string of the molecule is CCN1C(=O)C(C)(C)C(=O)N(C)c2cc(CNCc3cc(C)n(C)n3)ccc21. The summed E-state index contributed by atoms with van der Waals surface area (Å²) >= 11 is 0. The highest BCUT2D eigenvalue weighted by atomic mass is 16.2. The Morgan fingerprint density at radius 3 is 2.36 bits per heavy atom. The quantitative estimate of drug-likeness (QED) is 0.805. The fraction of sp³-hybridized carbons (Fsp3) is 0.476. The van der Waals surface area contributed by atoms with Crippen LogP contribution in [0.25, 0.3) is 0 Å². The van der Waals surface area contributed by atoms with Gasteiger partial charge in [0.1, 0.15) is 5.41 Å². The van der Waals surface area contributed by atoms with Crippen molar-refractivity contribution < 1.29 is 9.59 Å². The number of rotatable bonds is 5. The van der Waals surface area contributed by atoms with Crippen molar-refractivity contribution in [2.24, 2.45) is 12.5 Å². The third-order valence-corrected chi connectivity index (χ3v) is 5.43. The Balaban J connectivity index is 1.84. The van der Waals surface area contributed by atoms with Crippen LogP contribution < -0.4 is 15.1 Å². The molecular weight excluding hydrogens is 354 g/mol. The molecule has 3 rings (SSSR count). The largest absolute Gasteiger partial charge is 0.313 e. The number of fused-ring (bicyclic) bond motifs is 1. The van der Waals surface area contributed by atoms with Gasteiger partial charge < -0.3 is 15.1 Å². The van der Waals surface area contributed by atoms with E-state index >= 15 is 0 Å². The highest BCUT2D eigenvalue weighted by Crippen LogP contribution is 2.38. The average Bonchev–Trinajstić information content (AvgIpc) is 2.96. The van der Waals surface area contributed by atoms with E-state index in [-0.39, 0.29) is 11.8 Å². The van der Waals surface area contributed by atoms with Gasteiger partial charge in [-0.15, -0.1) is 0 Å². The summed E-state index contributed by atoms with van der Waals surface area (Å²) in [5.74, 6) is -0.356. The maximum atomic E-state index is 12.9. The molecule has 1 N–H and O–H groups in total. The van der Waals surface area contributed by atoms with Crippen molar-refractivity contribution in [2.45, 2.75) is 40.8 Å². The number of carbonyl (C=O) groups excluding carboxylic acids is 2. The van der Waals surface area contributed by atoms with Crippen LogP contribution in [0.4, 0.5) is 11.4 Å². The molecule has 1 aliphatic rings. The van der Waals surface area contributed by atoms with E-state index < -0.39 is 5.41 Å². The third-order valence-electron chi connectivity index (χ3n) is 5.43. The van der Waals surface area contributed by atoms with E-state index in [1.165, 1.54) is 0 Å².